The molecule has 0 spiro atoms. The average molecular weight is 365 g/mol. The van der Waals surface area contributed by atoms with Gasteiger partial charge in [-0.25, -0.2) is 0 Å². The molecule has 0 radical (unpaired) electrons. The lowest BCUT2D eigenvalue weighted by Gasteiger charge is -2.57. The van der Waals surface area contributed by atoms with Gasteiger partial charge in [0.05, 0.1) is 12.2 Å². The van der Waals surface area contributed by atoms with E-state index in [0.717, 1.165) is 49.9 Å². The van der Waals surface area contributed by atoms with E-state index in [-0.39, 0.29) is 23.7 Å². The molecule has 0 aromatic rings. The zero-order chi connectivity index (χ0) is 18.5. The molecule has 148 valence electrons. The van der Waals surface area contributed by atoms with Crippen molar-refractivity contribution in [1.29, 1.82) is 0 Å². The van der Waals surface area contributed by atoms with Crippen molar-refractivity contribution in [2.24, 2.45) is 40.9 Å². The third-order valence-corrected chi connectivity index (χ3v) is 9.06. The van der Waals surface area contributed by atoms with Crippen LogP contribution in [0.25, 0.3) is 0 Å². The van der Waals surface area contributed by atoms with E-state index in [9.17, 15) is 15.0 Å². The molecule has 4 saturated carbocycles. The van der Waals surface area contributed by atoms with Crippen LogP contribution in [0.5, 0.6) is 0 Å². The summed E-state index contributed by atoms with van der Waals surface area (Å²) in [4.78, 5) is 12.3. The number of ketones is 1. The zero-order valence-corrected chi connectivity index (χ0v) is 16.5. The first kappa shape index (κ1) is 18.9. The number of aliphatic hydroxyl groups excluding tert-OH is 1. The summed E-state index contributed by atoms with van der Waals surface area (Å²) in [6.45, 7) is 2.52. The van der Waals surface area contributed by atoms with Crippen molar-refractivity contribution in [3.05, 3.63) is 0 Å². The topological polar surface area (TPSA) is 66.8 Å². The predicted octanol–water partition coefficient (Wildman–Crippen LogP) is 3.19. The Morgan fingerprint density at radius 1 is 1.04 bits per heavy atom. The van der Waals surface area contributed by atoms with Crippen molar-refractivity contribution < 1.29 is 19.7 Å². The summed E-state index contributed by atoms with van der Waals surface area (Å²) in [6, 6.07) is 0. The van der Waals surface area contributed by atoms with E-state index in [1.807, 2.05) is 0 Å². The first-order valence-electron chi connectivity index (χ1n) is 10.8. The number of ether oxygens (including phenoxy) is 1. The van der Waals surface area contributed by atoms with Gasteiger partial charge in [-0.1, -0.05) is 6.92 Å². The molecule has 4 aliphatic rings. The van der Waals surface area contributed by atoms with Crippen LogP contribution in [0, 0.1) is 40.9 Å². The van der Waals surface area contributed by atoms with Crippen molar-refractivity contribution >= 4 is 5.78 Å². The van der Waals surface area contributed by atoms with E-state index in [1.54, 1.807) is 7.11 Å². The largest absolute Gasteiger partial charge is 0.389 e. The lowest BCUT2D eigenvalue weighted by molar-refractivity contribution is -0.138. The Kier molecular flexibility index (Phi) is 4.98. The summed E-state index contributed by atoms with van der Waals surface area (Å²) in [5.41, 5.74) is -0.503. The summed E-state index contributed by atoms with van der Waals surface area (Å²) in [6.07, 6.45) is 9.91. The predicted molar refractivity (Wildman–Crippen MR) is 99.5 cm³/mol. The van der Waals surface area contributed by atoms with Crippen LogP contribution in [0.15, 0.2) is 0 Å². The van der Waals surface area contributed by atoms with E-state index in [2.05, 4.69) is 6.92 Å². The van der Waals surface area contributed by atoms with Crippen LogP contribution < -0.4 is 0 Å². The number of hydrogen-bond donors (Lipinski definition) is 2. The Morgan fingerprint density at radius 3 is 2.54 bits per heavy atom. The minimum atomic E-state index is -0.613. The smallest absolute Gasteiger partial charge is 0.161 e. The van der Waals surface area contributed by atoms with Crippen molar-refractivity contribution in [2.75, 3.05) is 20.3 Å². The van der Waals surface area contributed by atoms with Gasteiger partial charge < -0.3 is 14.9 Å². The lowest BCUT2D eigenvalue weighted by atomic mass is 9.49. The van der Waals surface area contributed by atoms with Gasteiger partial charge in [0, 0.05) is 13.0 Å². The molecule has 4 aliphatic carbocycles. The van der Waals surface area contributed by atoms with E-state index < -0.39 is 5.60 Å². The first-order valence-corrected chi connectivity index (χ1v) is 10.8. The fraction of sp³-hybridized carbons (Fsp3) is 0.955. The molecule has 4 nitrogen and oxygen atoms in total. The van der Waals surface area contributed by atoms with Gasteiger partial charge in [0.1, 0.15) is 6.61 Å². The minimum absolute atomic E-state index is 0.0735. The van der Waals surface area contributed by atoms with Gasteiger partial charge >= 0.3 is 0 Å². The fourth-order valence-electron chi connectivity index (χ4n) is 8.00. The molecule has 4 rings (SSSR count). The fourth-order valence-corrected chi connectivity index (χ4v) is 8.00. The summed E-state index contributed by atoms with van der Waals surface area (Å²) in [5.74, 6) is 3.73. The Bertz CT molecular complexity index is 548. The van der Waals surface area contributed by atoms with Crippen LogP contribution in [-0.2, 0) is 9.53 Å². The maximum atomic E-state index is 12.3. The van der Waals surface area contributed by atoms with Crippen LogP contribution in [-0.4, -0.2) is 41.9 Å². The van der Waals surface area contributed by atoms with Crippen molar-refractivity contribution in [2.45, 2.75) is 70.3 Å². The van der Waals surface area contributed by atoms with Crippen LogP contribution in [0.4, 0.5) is 0 Å². The molecular formula is C22H36O4. The van der Waals surface area contributed by atoms with Crippen molar-refractivity contribution in [3.8, 4) is 0 Å². The van der Waals surface area contributed by atoms with Crippen molar-refractivity contribution in [3.63, 3.8) is 0 Å². The number of rotatable bonds is 4. The number of carbonyl (C=O) groups is 1. The van der Waals surface area contributed by atoms with Gasteiger partial charge in [0.15, 0.2) is 5.78 Å². The molecule has 0 saturated heterocycles. The summed E-state index contributed by atoms with van der Waals surface area (Å²) in [7, 11) is 1.69. The number of hydrogen-bond acceptors (Lipinski definition) is 4. The van der Waals surface area contributed by atoms with Gasteiger partial charge in [-0.2, -0.15) is 0 Å². The van der Waals surface area contributed by atoms with E-state index >= 15 is 0 Å². The molecule has 1 unspecified atom stereocenters. The maximum Gasteiger partial charge on any atom is 0.161 e. The SMILES string of the molecule is COC[C@@]1(O)CC[C@H]2C(CC[C@@H]3[C@@H]2CC[C@]2(C)[C@@H](C(=O)CO)CC[C@@H]32)C1. The second-order valence-electron chi connectivity index (χ2n) is 10.1. The lowest BCUT2D eigenvalue weighted by Crippen LogP contribution is -2.52. The number of aliphatic hydroxyl groups is 2. The highest BCUT2D eigenvalue weighted by Gasteiger charge is 2.58. The van der Waals surface area contributed by atoms with E-state index in [4.69, 9.17) is 4.74 Å². The summed E-state index contributed by atoms with van der Waals surface area (Å²) in [5, 5.41) is 20.2. The molecule has 0 amide bonds. The third kappa shape index (κ3) is 2.87. The number of methoxy groups -OCH3 is 1. The van der Waals surface area contributed by atoms with Gasteiger partial charge in [-0.05, 0) is 92.8 Å². The number of Topliss-reactive ketones (excluding diaryl/α,β-unsaturated/α-hetero) is 1. The molecule has 4 fully saturated rings. The van der Waals surface area contributed by atoms with Crippen LogP contribution in [0.1, 0.15) is 64.7 Å². The highest BCUT2D eigenvalue weighted by atomic mass is 16.5. The molecule has 2 N–H and O–H groups in total. The average Bonchev–Trinajstić information content (AvgIpc) is 2.98. The standard InChI is InChI=1S/C22H36O4/c1-21-9-7-16-15-8-10-22(25,13-26-2)11-14(15)3-4-17(16)18(21)5-6-19(21)20(24)12-23/h14-19,23,25H,3-13H2,1-2H3/t14?,15-,16+,17+,18-,19+,21-,22+/m0/s1. The second-order valence-corrected chi connectivity index (χ2v) is 10.1. The molecule has 0 aromatic carbocycles. The molecule has 0 bridgehead atoms. The number of fused-ring (bicyclic) bond motifs is 5. The second kappa shape index (κ2) is 6.86. The Labute approximate surface area is 157 Å². The van der Waals surface area contributed by atoms with E-state index in [1.165, 1.54) is 25.7 Å². The van der Waals surface area contributed by atoms with Crippen LogP contribution in [0.3, 0.4) is 0 Å². The zero-order valence-electron chi connectivity index (χ0n) is 16.5. The van der Waals surface area contributed by atoms with Gasteiger partial charge in [-0.3, -0.25) is 4.79 Å². The Balaban J connectivity index is 1.50. The molecule has 0 heterocycles. The normalized spacial score (nSPS) is 50.6. The summed E-state index contributed by atoms with van der Waals surface area (Å²) >= 11 is 0. The van der Waals surface area contributed by atoms with Gasteiger partial charge in [-0.15, -0.1) is 0 Å². The Morgan fingerprint density at radius 2 is 1.81 bits per heavy atom. The van der Waals surface area contributed by atoms with Gasteiger partial charge in [0.2, 0.25) is 0 Å². The molecular weight excluding hydrogens is 328 g/mol. The third-order valence-electron chi connectivity index (χ3n) is 9.06. The Hall–Kier alpha value is -0.450. The highest BCUT2D eigenvalue weighted by Crippen LogP contribution is 2.64. The molecule has 4 heteroatoms. The molecule has 8 atom stereocenters. The quantitative estimate of drug-likeness (QED) is 0.804. The molecule has 0 aliphatic heterocycles. The highest BCUT2D eigenvalue weighted by molar-refractivity contribution is 5.83. The van der Waals surface area contributed by atoms with E-state index in [0.29, 0.717) is 18.4 Å². The number of carbonyl (C=O) groups excluding carboxylic acids is 1. The first-order chi connectivity index (χ1) is 12.4. The van der Waals surface area contributed by atoms with Crippen LogP contribution in [0.2, 0.25) is 0 Å². The van der Waals surface area contributed by atoms with Crippen LogP contribution >= 0.6 is 0 Å². The van der Waals surface area contributed by atoms with Crippen molar-refractivity contribution in [1.82, 2.24) is 0 Å². The summed E-state index contributed by atoms with van der Waals surface area (Å²) < 4.78 is 5.28. The minimum Gasteiger partial charge on any atom is -0.389 e. The monoisotopic (exact) mass is 364 g/mol. The maximum absolute atomic E-state index is 12.3. The van der Waals surface area contributed by atoms with Gasteiger partial charge in [0.25, 0.3) is 0 Å². The molecule has 0 aromatic heterocycles. The molecule has 26 heavy (non-hydrogen) atoms.